The SMILES string of the molecule is CNC(=S)Nc1ccccc1CC(=O)OC. The van der Waals surface area contributed by atoms with Gasteiger partial charge in [-0.15, -0.1) is 0 Å². The third-order valence-corrected chi connectivity index (χ3v) is 2.36. The van der Waals surface area contributed by atoms with Crippen LogP contribution in [0.15, 0.2) is 24.3 Å². The number of rotatable bonds is 3. The number of esters is 1. The van der Waals surface area contributed by atoms with Gasteiger partial charge in [-0.3, -0.25) is 4.79 Å². The minimum absolute atomic E-state index is 0.228. The second-order valence-corrected chi connectivity index (χ2v) is 3.52. The number of benzene rings is 1. The molecule has 4 nitrogen and oxygen atoms in total. The van der Waals surface area contributed by atoms with Crippen LogP contribution in [0.4, 0.5) is 5.69 Å². The molecule has 0 aromatic heterocycles. The van der Waals surface area contributed by atoms with E-state index in [9.17, 15) is 4.79 Å². The van der Waals surface area contributed by atoms with E-state index in [1.165, 1.54) is 7.11 Å². The molecule has 16 heavy (non-hydrogen) atoms. The molecule has 0 saturated heterocycles. The smallest absolute Gasteiger partial charge is 0.310 e. The molecule has 1 aromatic carbocycles. The third kappa shape index (κ3) is 3.51. The van der Waals surface area contributed by atoms with Gasteiger partial charge in [0, 0.05) is 12.7 Å². The Balaban J connectivity index is 2.83. The van der Waals surface area contributed by atoms with Gasteiger partial charge in [-0.1, -0.05) is 18.2 Å². The van der Waals surface area contributed by atoms with Crippen LogP contribution in [0, 0.1) is 0 Å². The highest BCUT2D eigenvalue weighted by molar-refractivity contribution is 7.80. The number of thiocarbonyl (C=S) groups is 1. The number of hydrogen-bond acceptors (Lipinski definition) is 3. The van der Waals surface area contributed by atoms with E-state index in [0.29, 0.717) is 5.11 Å². The summed E-state index contributed by atoms with van der Waals surface area (Å²) in [6, 6.07) is 7.46. The van der Waals surface area contributed by atoms with Crippen molar-refractivity contribution in [2.24, 2.45) is 0 Å². The van der Waals surface area contributed by atoms with Gasteiger partial charge in [0.25, 0.3) is 0 Å². The van der Waals surface area contributed by atoms with Crippen molar-refractivity contribution in [1.29, 1.82) is 0 Å². The van der Waals surface area contributed by atoms with Crippen molar-refractivity contribution in [2.75, 3.05) is 19.5 Å². The monoisotopic (exact) mass is 238 g/mol. The molecule has 0 saturated carbocycles. The Hall–Kier alpha value is -1.62. The number of carbonyl (C=O) groups is 1. The fraction of sp³-hybridized carbons (Fsp3) is 0.273. The van der Waals surface area contributed by atoms with Crippen LogP contribution in [-0.4, -0.2) is 25.2 Å². The Morgan fingerprint density at radius 3 is 2.75 bits per heavy atom. The number of carbonyl (C=O) groups excluding carboxylic acids is 1. The van der Waals surface area contributed by atoms with Crippen molar-refractivity contribution in [3.05, 3.63) is 29.8 Å². The first-order valence-corrected chi connectivity index (χ1v) is 5.21. The molecule has 0 radical (unpaired) electrons. The molecule has 0 aliphatic rings. The van der Waals surface area contributed by atoms with Gasteiger partial charge >= 0.3 is 5.97 Å². The van der Waals surface area contributed by atoms with Gasteiger partial charge in [0.15, 0.2) is 5.11 Å². The highest BCUT2D eigenvalue weighted by Gasteiger charge is 2.07. The van der Waals surface area contributed by atoms with Crippen LogP contribution in [-0.2, 0) is 16.0 Å². The van der Waals surface area contributed by atoms with Gasteiger partial charge in [0.05, 0.1) is 13.5 Å². The number of anilines is 1. The summed E-state index contributed by atoms with van der Waals surface area (Å²) in [5.41, 5.74) is 1.67. The predicted octanol–water partition coefficient (Wildman–Crippen LogP) is 1.32. The summed E-state index contributed by atoms with van der Waals surface area (Å²) < 4.78 is 4.63. The lowest BCUT2D eigenvalue weighted by Crippen LogP contribution is -2.25. The first-order chi connectivity index (χ1) is 7.67. The maximum Gasteiger partial charge on any atom is 0.310 e. The van der Waals surface area contributed by atoms with E-state index >= 15 is 0 Å². The molecule has 0 aliphatic carbocycles. The normalized spacial score (nSPS) is 9.38. The van der Waals surface area contributed by atoms with E-state index in [0.717, 1.165) is 11.3 Å². The molecule has 0 spiro atoms. The third-order valence-electron chi connectivity index (χ3n) is 2.06. The van der Waals surface area contributed by atoms with E-state index < -0.39 is 0 Å². The van der Waals surface area contributed by atoms with Crippen LogP contribution in [0.5, 0.6) is 0 Å². The van der Waals surface area contributed by atoms with Gasteiger partial charge in [-0.2, -0.15) is 0 Å². The summed E-state index contributed by atoms with van der Waals surface area (Å²) in [5.74, 6) is -0.273. The van der Waals surface area contributed by atoms with Crippen LogP contribution in [0.3, 0.4) is 0 Å². The minimum Gasteiger partial charge on any atom is -0.469 e. The molecular formula is C11H14N2O2S. The van der Waals surface area contributed by atoms with E-state index in [1.54, 1.807) is 7.05 Å². The van der Waals surface area contributed by atoms with Crippen molar-refractivity contribution in [3.8, 4) is 0 Å². The summed E-state index contributed by atoms with van der Waals surface area (Å²) in [7, 11) is 3.11. The molecular weight excluding hydrogens is 224 g/mol. The molecule has 0 amide bonds. The molecule has 0 heterocycles. The van der Waals surface area contributed by atoms with Gasteiger partial charge in [-0.25, -0.2) is 0 Å². The Labute approximate surface area is 100.0 Å². The first kappa shape index (κ1) is 12.4. The minimum atomic E-state index is -0.273. The fourth-order valence-corrected chi connectivity index (χ4v) is 1.32. The fourth-order valence-electron chi connectivity index (χ4n) is 1.21. The molecule has 0 aliphatic heterocycles. The average molecular weight is 238 g/mol. The molecule has 86 valence electrons. The molecule has 0 unspecified atom stereocenters. The molecule has 0 bridgehead atoms. The topological polar surface area (TPSA) is 50.4 Å². The lowest BCUT2D eigenvalue weighted by atomic mass is 10.1. The number of hydrogen-bond donors (Lipinski definition) is 2. The van der Waals surface area contributed by atoms with Crippen molar-refractivity contribution >= 4 is 29.0 Å². The number of para-hydroxylation sites is 1. The van der Waals surface area contributed by atoms with Gasteiger partial charge in [-0.05, 0) is 23.8 Å². The Bertz CT molecular complexity index is 356. The Morgan fingerprint density at radius 1 is 1.44 bits per heavy atom. The van der Waals surface area contributed by atoms with Gasteiger partial charge in [0.2, 0.25) is 0 Å². The van der Waals surface area contributed by atoms with Crippen LogP contribution >= 0.6 is 12.2 Å². The van der Waals surface area contributed by atoms with Crippen LogP contribution in [0.25, 0.3) is 0 Å². The van der Waals surface area contributed by atoms with Crippen molar-refractivity contribution in [3.63, 3.8) is 0 Å². The van der Waals surface area contributed by atoms with Gasteiger partial charge < -0.3 is 15.4 Å². The summed E-state index contributed by atoms with van der Waals surface area (Å²) in [6.45, 7) is 0. The zero-order chi connectivity index (χ0) is 12.0. The number of nitrogens with one attached hydrogen (secondary N) is 2. The summed E-state index contributed by atoms with van der Waals surface area (Å²) >= 11 is 5.00. The average Bonchev–Trinajstić information content (AvgIpc) is 2.31. The van der Waals surface area contributed by atoms with E-state index in [-0.39, 0.29) is 12.4 Å². The highest BCUT2D eigenvalue weighted by Crippen LogP contribution is 2.15. The lowest BCUT2D eigenvalue weighted by molar-refractivity contribution is -0.139. The molecule has 1 rings (SSSR count). The Morgan fingerprint density at radius 2 is 2.12 bits per heavy atom. The largest absolute Gasteiger partial charge is 0.469 e. The standard InChI is InChI=1S/C11H14N2O2S/c1-12-11(16)13-9-6-4-3-5-8(9)7-10(14)15-2/h3-6H,7H2,1-2H3,(H2,12,13,16). The van der Waals surface area contributed by atoms with Crippen molar-refractivity contribution in [1.82, 2.24) is 5.32 Å². The molecule has 5 heteroatoms. The van der Waals surface area contributed by atoms with Crippen molar-refractivity contribution in [2.45, 2.75) is 6.42 Å². The second kappa shape index (κ2) is 6.07. The number of ether oxygens (including phenoxy) is 1. The zero-order valence-corrected chi connectivity index (χ0v) is 10.1. The summed E-state index contributed by atoms with van der Waals surface area (Å²) in [6.07, 6.45) is 0.228. The zero-order valence-electron chi connectivity index (χ0n) is 9.24. The maximum atomic E-state index is 11.2. The van der Waals surface area contributed by atoms with Crippen molar-refractivity contribution < 1.29 is 9.53 Å². The van der Waals surface area contributed by atoms with Gasteiger partial charge in [0.1, 0.15) is 0 Å². The van der Waals surface area contributed by atoms with Crippen LogP contribution < -0.4 is 10.6 Å². The van der Waals surface area contributed by atoms with E-state index in [2.05, 4.69) is 15.4 Å². The maximum absolute atomic E-state index is 11.2. The number of methoxy groups -OCH3 is 1. The molecule has 2 N–H and O–H groups in total. The summed E-state index contributed by atoms with van der Waals surface area (Å²) in [5, 5.41) is 6.33. The van der Waals surface area contributed by atoms with Crippen LogP contribution in [0.1, 0.15) is 5.56 Å². The Kier molecular flexibility index (Phi) is 4.72. The van der Waals surface area contributed by atoms with E-state index in [1.807, 2.05) is 24.3 Å². The van der Waals surface area contributed by atoms with Crippen LogP contribution in [0.2, 0.25) is 0 Å². The molecule has 0 atom stereocenters. The second-order valence-electron chi connectivity index (χ2n) is 3.11. The molecule has 0 fully saturated rings. The summed E-state index contributed by atoms with van der Waals surface area (Å²) in [4.78, 5) is 11.2. The quantitative estimate of drug-likeness (QED) is 0.614. The van der Waals surface area contributed by atoms with E-state index in [4.69, 9.17) is 12.2 Å². The predicted molar refractivity (Wildman–Crippen MR) is 67.4 cm³/mol. The lowest BCUT2D eigenvalue weighted by Gasteiger charge is -2.11. The molecule has 1 aromatic rings. The highest BCUT2D eigenvalue weighted by atomic mass is 32.1. The first-order valence-electron chi connectivity index (χ1n) is 4.81.